The maximum atomic E-state index is 10.2. The third kappa shape index (κ3) is 1.36. The summed E-state index contributed by atoms with van der Waals surface area (Å²) in [5.74, 6) is -1.00. The summed E-state index contributed by atoms with van der Waals surface area (Å²) in [7, 11) is 0. The zero-order chi connectivity index (χ0) is 7.56. The van der Waals surface area contributed by atoms with Crippen LogP contribution < -0.4 is 0 Å². The molecule has 5 heteroatoms. The molecule has 54 valence electrons. The van der Waals surface area contributed by atoms with Crippen molar-refractivity contribution in [3.05, 3.63) is 18.0 Å². The van der Waals surface area contributed by atoms with Gasteiger partial charge in [-0.15, -0.1) is 0 Å². The topological polar surface area (TPSA) is 55.1 Å². The summed E-state index contributed by atoms with van der Waals surface area (Å²) in [4.78, 5) is 10.2. The van der Waals surface area contributed by atoms with Gasteiger partial charge in [-0.2, -0.15) is 5.10 Å². The molecule has 0 saturated carbocycles. The number of rotatable bonds is 2. The average molecular weight is 205 g/mol. The molecular formula is C5H5BrN2O2. The lowest BCUT2D eigenvalue weighted by molar-refractivity contribution is 0.0689. The summed E-state index contributed by atoms with van der Waals surface area (Å²) in [5, 5.41) is 12.1. The van der Waals surface area contributed by atoms with E-state index in [1.807, 2.05) is 0 Å². The summed E-state index contributed by atoms with van der Waals surface area (Å²) in [5.41, 5.74) is 0.583. The summed E-state index contributed by atoms with van der Waals surface area (Å²) >= 11 is 3.13. The Balaban J connectivity index is 2.88. The van der Waals surface area contributed by atoms with E-state index in [0.29, 0.717) is 5.45 Å². The lowest BCUT2D eigenvalue weighted by atomic mass is 10.5. The number of carbonyl (C=O) groups is 1. The molecule has 1 N–H and O–H groups in total. The van der Waals surface area contributed by atoms with Gasteiger partial charge in [0.2, 0.25) is 0 Å². The second-order valence-electron chi connectivity index (χ2n) is 1.67. The van der Waals surface area contributed by atoms with Gasteiger partial charge in [-0.3, -0.25) is 4.68 Å². The van der Waals surface area contributed by atoms with Crippen molar-refractivity contribution in [2.75, 3.05) is 0 Å². The van der Waals surface area contributed by atoms with E-state index >= 15 is 0 Å². The first-order chi connectivity index (χ1) is 4.74. The van der Waals surface area contributed by atoms with E-state index in [4.69, 9.17) is 5.11 Å². The van der Waals surface area contributed by atoms with E-state index in [2.05, 4.69) is 21.0 Å². The van der Waals surface area contributed by atoms with Crippen LogP contribution in [-0.4, -0.2) is 20.9 Å². The highest BCUT2D eigenvalue weighted by Crippen LogP contribution is 1.96. The predicted molar refractivity (Wildman–Crippen MR) is 38.1 cm³/mol. The van der Waals surface area contributed by atoms with Gasteiger partial charge in [0.25, 0.3) is 0 Å². The minimum atomic E-state index is -1.00. The van der Waals surface area contributed by atoms with Crippen LogP contribution >= 0.6 is 15.9 Å². The zero-order valence-corrected chi connectivity index (χ0v) is 6.58. The number of nitrogens with zero attached hydrogens (tertiary/aromatic N) is 2. The quantitative estimate of drug-likeness (QED) is 0.730. The Hall–Kier alpha value is -0.840. The molecule has 1 aromatic heterocycles. The van der Waals surface area contributed by atoms with E-state index in [9.17, 15) is 4.79 Å². The van der Waals surface area contributed by atoms with E-state index in [-0.39, 0.29) is 5.69 Å². The molecule has 0 fully saturated rings. The van der Waals surface area contributed by atoms with E-state index in [1.54, 1.807) is 6.20 Å². The first-order valence-electron chi connectivity index (χ1n) is 2.57. The number of hydrogen-bond acceptors (Lipinski definition) is 2. The molecule has 0 saturated heterocycles. The van der Waals surface area contributed by atoms with Gasteiger partial charge in [0.05, 0.1) is 5.45 Å². The van der Waals surface area contributed by atoms with Crippen LogP contribution in [0.5, 0.6) is 0 Å². The van der Waals surface area contributed by atoms with Gasteiger partial charge in [0.15, 0.2) is 5.69 Å². The molecule has 0 bridgehead atoms. The Morgan fingerprint density at radius 1 is 1.90 bits per heavy atom. The molecule has 0 unspecified atom stereocenters. The standard InChI is InChI=1S/C5H5BrN2O2/c6-3-8-2-1-4(7-8)5(9)10/h1-2H,3H2,(H,9,10). The molecule has 0 atom stereocenters. The fourth-order valence-electron chi connectivity index (χ4n) is 0.542. The summed E-state index contributed by atoms with van der Waals surface area (Å²) in [6.45, 7) is 0. The van der Waals surface area contributed by atoms with Gasteiger partial charge in [0.1, 0.15) is 0 Å². The molecular weight excluding hydrogens is 200 g/mol. The molecule has 0 aliphatic rings. The van der Waals surface area contributed by atoms with Crippen molar-refractivity contribution in [2.24, 2.45) is 0 Å². The Morgan fingerprint density at radius 2 is 2.60 bits per heavy atom. The highest BCUT2D eigenvalue weighted by Gasteiger charge is 2.04. The van der Waals surface area contributed by atoms with Gasteiger partial charge in [-0.05, 0) is 6.07 Å². The second kappa shape index (κ2) is 2.83. The Morgan fingerprint density at radius 3 is 2.90 bits per heavy atom. The molecule has 0 radical (unpaired) electrons. The predicted octanol–water partition coefficient (Wildman–Crippen LogP) is 0.934. The summed E-state index contributed by atoms with van der Waals surface area (Å²) in [6, 6.07) is 1.45. The van der Waals surface area contributed by atoms with Crippen molar-refractivity contribution in [3.63, 3.8) is 0 Å². The first-order valence-corrected chi connectivity index (χ1v) is 3.69. The van der Waals surface area contributed by atoms with Crippen LogP contribution in [0.1, 0.15) is 10.5 Å². The van der Waals surface area contributed by atoms with Crippen LogP contribution in [0.3, 0.4) is 0 Å². The van der Waals surface area contributed by atoms with Crippen molar-refractivity contribution in [3.8, 4) is 0 Å². The lowest BCUT2D eigenvalue weighted by Crippen LogP contribution is -1.99. The van der Waals surface area contributed by atoms with Crippen LogP contribution in [0.4, 0.5) is 0 Å². The van der Waals surface area contributed by atoms with E-state index in [1.165, 1.54) is 10.7 Å². The molecule has 0 spiro atoms. The van der Waals surface area contributed by atoms with Crippen molar-refractivity contribution >= 4 is 21.9 Å². The maximum Gasteiger partial charge on any atom is 0.356 e. The fraction of sp³-hybridized carbons (Fsp3) is 0.200. The lowest BCUT2D eigenvalue weighted by Gasteiger charge is -1.88. The fourth-order valence-corrected chi connectivity index (χ4v) is 0.822. The van der Waals surface area contributed by atoms with Crippen LogP contribution in [0.15, 0.2) is 12.3 Å². The molecule has 0 aromatic carbocycles. The van der Waals surface area contributed by atoms with Gasteiger partial charge in [-0.25, -0.2) is 4.79 Å². The normalized spacial score (nSPS) is 9.70. The van der Waals surface area contributed by atoms with Crippen molar-refractivity contribution < 1.29 is 9.90 Å². The number of hydrogen-bond donors (Lipinski definition) is 1. The van der Waals surface area contributed by atoms with Crippen molar-refractivity contribution in [1.29, 1.82) is 0 Å². The van der Waals surface area contributed by atoms with Crippen LogP contribution in [-0.2, 0) is 5.45 Å². The molecule has 0 aliphatic heterocycles. The molecule has 10 heavy (non-hydrogen) atoms. The molecule has 4 nitrogen and oxygen atoms in total. The maximum absolute atomic E-state index is 10.2. The first kappa shape index (κ1) is 7.27. The van der Waals surface area contributed by atoms with Crippen LogP contribution in [0.2, 0.25) is 0 Å². The number of aromatic carboxylic acids is 1. The van der Waals surface area contributed by atoms with Gasteiger partial charge < -0.3 is 5.11 Å². The number of aromatic nitrogens is 2. The van der Waals surface area contributed by atoms with Gasteiger partial charge >= 0.3 is 5.97 Å². The zero-order valence-electron chi connectivity index (χ0n) is 4.99. The molecule has 1 rings (SSSR count). The molecule has 0 aliphatic carbocycles. The third-order valence-corrected chi connectivity index (χ3v) is 1.50. The Labute approximate surface area is 65.6 Å². The monoisotopic (exact) mass is 204 g/mol. The molecule has 1 heterocycles. The number of alkyl halides is 1. The largest absolute Gasteiger partial charge is 0.476 e. The second-order valence-corrected chi connectivity index (χ2v) is 2.17. The number of carboxylic acid groups (broad SMARTS) is 1. The van der Waals surface area contributed by atoms with Crippen LogP contribution in [0.25, 0.3) is 0 Å². The van der Waals surface area contributed by atoms with E-state index < -0.39 is 5.97 Å². The summed E-state index contributed by atoms with van der Waals surface area (Å²) < 4.78 is 1.49. The number of halogens is 1. The average Bonchev–Trinajstić information content (AvgIpc) is 2.34. The van der Waals surface area contributed by atoms with Gasteiger partial charge in [0, 0.05) is 6.20 Å². The van der Waals surface area contributed by atoms with Gasteiger partial charge in [-0.1, -0.05) is 15.9 Å². The Kier molecular flexibility index (Phi) is 2.06. The van der Waals surface area contributed by atoms with Crippen LogP contribution in [0, 0.1) is 0 Å². The minimum absolute atomic E-state index is 0.0689. The molecule has 0 amide bonds. The summed E-state index contributed by atoms with van der Waals surface area (Å²) in [6.07, 6.45) is 1.60. The number of carboxylic acids is 1. The van der Waals surface area contributed by atoms with Crippen molar-refractivity contribution in [1.82, 2.24) is 9.78 Å². The van der Waals surface area contributed by atoms with E-state index in [0.717, 1.165) is 0 Å². The highest BCUT2D eigenvalue weighted by atomic mass is 79.9. The van der Waals surface area contributed by atoms with Crippen molar-refractivity contribution in [2.45, 2.75) is 5.45 Å². The third-order valence-electron chi connectivity index (χ3n) is 0.982. The minimum Gasteiger partial charge on any atom is -0.476 e. The highest BCUT2D eigenvalue weighted by molar-refractivity contribution is 9.08. The Bertz CT molecular complexity index is 246. The molecule has 1 aromatic rings. The smallest absolute Gasteiger partial charge is 0.356 e. The SMILES string of the molecule is O=C(O)c1ccn(CBr)n1.